The Morgan fingerprint density at radius 1 is 1.60 bits per heavy atom. The number of aliphatic hydroxyl groups is 1. The molecule has 0 amide bonds. The van der Waals surface area contributed by atoms with Crippen LogP contribution in [-0.2, 0) is 0 Å². The van der Waals surface area contributed by atoms with Gasteiger partial charge < -0.3 is 5.11 Å². The van der Waals surface area contributed by atoms with E-state index >= 15 is 0 Å². The number of halogens is 1. The van der Waals surface area contributed by atoms with Crippen LogP contribution in [0.5, 0.6) is 0 Å². The van der Waals surface area contributed by atoms with Crippen LogP contribution in [0.4, 0.5) is 0 Å². The smallest absolute Gasteiger partial charge is 0.0512 e. The van der Waals surface area contributed by atoms with Crippen LogP contribution in [0.25, 0.3) is 0 Å². The molecule has 2 atom stereocenters. The Morgan fingerprint density at radius 3 is 2.40 bits per heavy atom. The lowest BCUT2D eigenvalue weighted by atomic mass is 10.1. The Bertz CT molecular complexity index is 110. The third-order valence-corrected chi connectivity index (χ3v) is 3.06. The fourth-order valence-electron chi connectivity index (χ4n) is 0.634. The summed E-state index contributed by atoms with van der Waals surface area (Å²) in [5, 5.41) is 8.95. The predicted octanol–water partition coefficient (Wildman–Crippen LogP) is 2.53. The van der Waals surface area contributed by atoms with Gasteiger partial charge in [-0.2, -0.15) is 0 Å². The number of allylic oxidation sites excluding steroid dienone is 1. The highest BCUT2D eigenvalue weighted by Gasteiger charge is 2.05. The van der Waals surface area contributed by atoms with Crippen LogP contribution in [0.1, 0.15) is 26.7 Å². The number of hydrogen-bond acceptors (Lipinski definition) is 1. The third-order valence-electron chi connectivity index (χ3n) is 1.37. The van der Waals surface area contributed by atoms with Crippen molar-refractivity contribution in [1.82, 2.24) is 0 Å². The van der Waals surface area contributed by atoms with Crippen molar-refractivity contribution in [3.8, 4) is 0 Å². The van der Waals surface area contributed by atoms with Crippen LogP contribution >= 0.6 is 22.6 Å². The zero-order valence-electron chi connectivity index (χ0n) is 6.60. The molecule has 10 heavy (non-hydrogen) atoms. The highest BCUT2D eigenvalue weighted by Crippen LogP contribution is 2.17. The van der Waals surface area contributed by atoms with Gasteiger partial charge >= 0.3 is 0 Å². The van der Waals surface area contributed by atoms with E-state index in [2.05, 4.69) is 29.2 Å². The van der Waals surface area contributed by atoms with E-state index in [9.17, 15) is 0 Å². The topological polar surface area (TPSA) is 20.2 Å². The quantitative estimate of drug-likeness (QED) is 0.464. The summed E-state index contributed by atoms with van der Waals surface area (Å²) in [5.41, 5.74) is 1.20. The summed E-state index contributed by atoms with van der Waals surface area (Å²) in [6.07, 6.45) is 1.74. The SMILES string of the molecule is C=C(C)[C@@H](I)CC[C@H](C)O. The highest BCUT2D eigenvalue weighted by atomic mass is 127. The molecule has 0 aromatic heterocycles. The maximum absolute atomic E-state index is 8.95. The molecule has 0 aliphatic rings. The van der Waals surface area contributed by atoms with Crippen LogP contribution in [0.3, 0.4) is 0 Å². The first-order chi connectivity index (χ1) is 4.54. The molecule has 0 saturated heterocycles. The Morgan fingerprint density at radius 2 is 2.10 bits per heavy atom. The Balaban J connectivity index is 3.40. The Labute approximate surface area is 76.7 Å². The summed E-state index contributed by atoms with van der Waals surface area (Å²) in [4.78, 5) is 0. The molecule has 0 radical (unpaired) electrons. The van der Waals surface area contributed by atoms with Gasteiger partial charge in [-0.1, -0.05) is 34.7 Å². The first-order valence-electron chi connectivity index (χ1n) is 3.51. The Hall–Kier alpha value is 0.430. The summed E-state index contributed by atoms with van der Waals surface area (Å²) in [5.74, 6) is 0. The second-order valence-electron chi connectivity index (χ2n) is 2.74. The van der Waals surface area contributed by atoms with Gasteiger partial charge in [-0.25, -0.2) is 0 Å². The van der Waals surface area contributed by atoms with Crippen molar-refractivity contribution < 1.29 is 5.11 Å². The van der Waals surface area contributed by atoms with E-state index in [1.54, 1.807) is 0 Å². The van der Waals surface area contributed by atoms with Crippen molar-refractivity contribution in [2.45, 2.75) is 36.7 Å². The average Bonchev–Trinajstić information content (AvgIpc) is 1.82. The van der Waals surface area contributed by atoms with Gasteiger partial charge in [-0.15, -0.1) is 0 Å². The zero-order chi connectivity index (χ0) is 8.15. The molecule has 0 spiro atoms. The standard InChI is InChI=1S/C8H15IO/c1-6(2)8(9)5-4-7(3)10/h7-8,10H,1,4-5H2,2-3H3/t7-,8-/m0/s1. The first kappa shape index (κ1) is 10.4. The minimum atomic E-state index is -0.170. The molecule has 2 heteroatoms. The van der Waals surface area contributed by atoms with Gasteiger partial charge in [0.15, 0.2) is 0 Å². The molecule has 0 rings (SSSR count). The van der Waals surface area contributed by atoms with Crippen molar-refractivity contribution in [3.63, 3.8) is 0 Å². The van der Waals surface area contributed by atoms with E-state index in [0.29, 0.717) is 3.92 Å². The van der Waals surface area contributed by atoms with Crippen LogP contribution in [0.2, 0.25) is 0 Å². The second-order valence-corrected chi connectivity index (χ2v) is 4.24. The summed E-state index contributed by atoms with van der Waals surface area (Å²) < 4.78 is 0.521. The lowest BCUT2D eigenvalue weighted by molar-refractivity contribution is 0.182. The van der Waals surface area contributed by atoms with Crippen molar-refractivity contribution in [2.75, 3.05) is 0 Å². The van der Waals surface area contributed by atoms with Gasteiger partial charge in [0.1, 0.15) is 0 Å². The van der Waals surface area contributed by atoms with Crippen molar-refractivity contribution in [2.24, 2.45) is 0 Å². The minimum absolute atomic E-state index is 0.170. The predicted molar refractivity (Wildman–Crippen MR) is 53.5 cm³/mol. The fraction of sp³-hybridized carbons (Fsp3) is 0.750. The molecule has 1 N–H and O–H groups in total. The van der Waals surface area contributed by atoms with Gasteiger partial charge in [-0.05, 0) is 26.7 Å². The lowest BCUT2D eigenvalue weighted by Gasteiger charge is -2.09. The molecule has 60 valence electrons. The largest absolute Gasteiger partial charge is 0.393 e. The van der Waals surface area contributed by atoms with Crippen molar-refractivity contribution >= 4 is 22.6 Å². The van der Waals surface area contributed by atoms with Gasteiger partial charge in [0.05, 0.1) is 6.10 Å². The monoisotopic (exact) mass is 254 g/mol. The number of hydrogen-bond donors (Lipinski definition) is 1. The molecule has 1 nitrogen and oxygen atoms in total. The van der Waals surface area contributed by atoms with Crippen LogP contribution in [0, 0.1) is 0 Å². The first-order valence-corrected chi connectivity index (χ1v) is 4.76. The van der Waals surface area contributed by atoms with E-state index in [1.165, 1.54) is 5.57 Å². The van der Waals surface area contributed by atoms with Gasteiger partial charge in [0.2, 0.25) is 0 Å². The minimum Gasteiger partial charge on any atom is -0.393 e. The Kier molecular flexibility index (Phi) is 5.35. The highest BCUT2D eigenvalue weighted by molar-refractivity contribution is 14.1. The molecule has 0 bridgehead atoms. The van der Waals surface area contributed by atoms with E-state index in [0.717, 1.165) is 12.8 Å². The molecule has 0 aromatic rings. The molecule has 0 aliphatic heterocycles. The molecule has 0 aromatic carbocycles. The molecule has 0 heterocycles. The van der Waals surface area contributed by atoms with E-state index in [4.69, 9.17) is 5.11 Å². The second kappa shape index (κ2) is 5.13. The van der Waals surface area contributed by atoms with E-state index in [1.807, 2.05) is 13.8 Å². The van der Waals surface area contributed by atoms with Crippen LogP contribution in [-0.4, -0.2) is 15.1 Å². The van der Waals surface area contributed by atoms with Crippen LogP contribution < -0.4 is 0 Å². The number of rotatable bonds is 4. The molecular formula is C8H15IO. The maximum Gasteiger partial charge on any atom is 0.0512 e. The lowest BCUT2D eigenvalue weighted by Crippen LogP contribution is -2.05. The molecule has 0 unspecified atom stereocenters. The summed E-state index contributed by atoms with van der Waals surface area (Å²) in [7, 11) is 0. The maximum atomic E-state index is 8.95. The van der Waals surface area contributed by atoms with E-state index in [-0.39, 0.29) is 6.10 Å². The fourth-order valence-corrected chi connectivity index (χ4v) is 0.994. The van der Waals surface area contributed by atoms with Crippen molar-refractivity contribution in [3.05, 3.63) is 12.2 Å². The summed E-state index contributed by atoms with van der Waals surface area (Å²) in [6.45, 7) is 7.69. The average molecular weight is 254 g/mol. The van der Waals surface area contributed by atoms with Crippen LogP contribution in [0.15, 0.2) is 12.2 Å². The molecule has 0 fully saturated rings. The third kappa shape index (κ3) is 5.23. The van der Waals surface area contributed by atoms with Crippen molar-refractivity contribution in [1.29, 1.82) is 0 Å². The number of aliphatic hydroxyl groups excluding tert-OH is 1. The van der Waals surface area contributed by atoms with Gasteiger partial charge in [0, 0.05) is 3.92 Å². The molecule has 0 aliphatic carbocycles. The summed E-state index contributed by atoms with van der Waals surface area (Å²) in [6, 6.07) is 0. The van der Waals surface area contributed by atoms with Gasteiger partial charge in [-0.3, -0.25) is 0 Å². The van der Waals surface area contributed by atoms with Gasteiger partial charge in [0.25, 0.3) is 0 Å². The van der Waals surface area contributed by atoms with E-state index < -0.39 is 0 Å². The zero-order valence-corrected chi connectivity index (χ0v) is 8.76. The summed E-state index contributed by atoms with van der Waals surface area (Å²) >= 11 is 2.35. The molecular weight excluding hydrogens is 239 g/mol. The molecule has 0 saturated carbocycles. The normalized spacial score (nSPS) is 16.4. The number of alkyl halides is 1.